The second kappa shape index (κ2) is 5.08. The molecule has 1 unspecified atom stereocenters. The molecule has 0 spiro atoms. The van der Waals surface area contributed by atoms with E-state index >= 15 is 0 Å². The van der Waals surface area contributed by atoms with Crippen LogP contribution in [-0.4, -0.2) is 0 Å². The molecule has 0 saturated heterocycles. The van der Waals surface area contributed by atoms with E-state index in [1.807, 2.05) is 0 Å². The summed E-state index contributed by atoms with van der Waals surface area (Å²) >= 11 is 0.255. The van der Waals surface area contributed by atoms with E-state index in [9.17, 15) is 0 Å². The van der Waals surface area contributed by atoms with Gasteiger partial charge in [-0.1, -0.05) is 0 Å². The summed E-state index contributed by atoms with van der Waals surface area (Å²) in [5.41, 5.74) is 4.18. The molecule has 0 aromatic carbocycles. The van der Waals surface area contributed by atoms with E-state index in [0.717, 1.165) is 0 Å². The molecule has 1 atom stereocenters. The molecule has 15 heavy (non-hydrogen) atoms. The van der Waals surface area contributed by atoms with Crippen LogP contribution in [0.15, 0.2) is 45.7 Å². The first-order valence-corrected chi connectivity index (χ1v) is 7.11. The van der Waals surface area contributed by atoms with Crippen molar-refractivity contribution < 1.29 is 17.1 Å². The van der Waals surface area contributed by atoms with Crippen LogP contribution in [0.3, 0.4) is 0 Å². The Bertz CT molecular complexity index is 352. The van der Waals surface area contributed by atoms with Gasteiger partial charge >= 0.3 is 101 Å². The summed E-state index contributed by atoms with van der Waals surface area (Å²) in [4.78, 5) is 0. The first kappa shape index (κ1) is 12.7. The number of allylic oxidation sites excluding steroid dienone is 7. The van der Waals surface area contributed by atoms with Crippen molar-refractivity contribution in [2.45, 2.75) is 38.6 Å². The normalized spacial score (nSPS) is 25.7. The van der Waals surface area contributed by atoms with Crippen molar-refractivity contribution >= 4 is 0 Å². The maximum absolute atomic E-state index is 2.42. The van der Waals surface area contributed by atoms with Gasteiger partial charge < -0.3 is 0 Å². The Labute approximate surface area is 101 Å². The van der Waals surface area contributed by atoms with Gasteiger partial charge in [-0.25, -0.2) is 0 Å². The summed E-state index contributed by atoms with van der Waals surface area (Å²) in [5, 5.41) is 0. The summed E-state index contributed by atoms with van der Waals surface area (Å²) in [7, 11) is 0. The molecule has 0 nitrogen and oxygen atoms in total. The average Bonchev–Trinajstić information content (AvgIpc) is 2.43. The van der Waals surface area contributed by atoms with Gasteiger partial charge in [0.1, 0.15) is 0 Å². The van der Waals surface area contributed by atoms with Crippen LogP contribution in [0.1, 0.15) is 34.6 Å². The minimum atomic E-state index is 0.255. The molecule has 0 radical (unpaired) electrons. The fourth-order valence-electron chi connectivity index (χ4n) is 1.57. The number of hydrogen-bond donors (Lipinski definition) is 0. The Kier molecular flexibility index (Phi) is 4.28. The van der Waals surface area contributed by atoms with Gasteiger partial charge in [-0.3, -0.25) is 0 Å². The third-order valence-electron chi connectivity index (χ3n) is 2.12. The summed E-state index contributed by atoms with van der Waals surface area (Å²) in [6.07, 6.45) is 9.22. The second-order valence-corrected chi connectivity index (χ2v) is 7.39. The Morgan fingerprint density at radius 1 is 1.33 bits per heavy atom. The van der Waals surface area contributed by atoms with Crippen molar-refractivity contribution in [3.05, 3.63) is 45.7 Å². The van der Waals surface area contributed by atoms with E-state index in [4.69, 9.17) is 0 Å². The molecule has 0 saturated carbocycles. The van der Waals surface area contributed by atoms with Gasteiger partial charge in [-0.2, -0.15) is 0 Å². The fourth-order valence-corrected chi connectivity index (χ4v) is 3.50. The molecule has 0 fully saturated rings. The first-order valence-electron chi connectivity index (χ1n) is 5.23. The quantitative estimate of drug-likeness (QED) is 0.525. The van der Waals surface area contributed by atoms with Crippen LogP contribution in [-0.2, 0) is 17.1 Å². The molecule has 1 rings (SSSR count). The topological polar surface area (TPSA) is 0 Å². The van der Waals surface area contributed by atoms with E-state index in [2.05, 4.69) is 63.6 Å². The summed E-state index contributed by atoms with van der Waals surface area (Å²) in [6, 6.07) is 0. The van der Waals surface area contributed by atoms with E-state index in [-0.39, 0.29) is 17.1 Å². The third kappa shape index (κ3) is 4.30. The fraction of sp³-hybridized carbons (Fsp3) is 0.429. The summed E-state index contributed by atoms with van der Waals surface area (Å²) in [5.74, 6) is 0. The molecule has 0 bridgehead atoms. The zero-order valence-corrected chi connectivity index (χ0v) is 12.0. The molecule has 0 aliphatic heterocycles. The molecule has 0 N–H and O–H groups in total. The Hall–Kier alpha value is -0.417. The Morgan fingerprint density at radius 3 is 2.47 bits per heavy atom. The molecule has 84 valence electrons. The summed E-state index contributed by atoms with van der Waals surface area (Å²) in [6.45, 7) is 11.0. The van der Waals surface area contributed by atoms with Crippen LogP contribution in [0.2, 0.25) is 4.01 Å². The third-order valence-corrected chi connectivity index (χ3v) is 4.79. The molecule has 1 aliphatic carbocycles. The zero-order valence-electron chi connectivity index (χ0n) is 10.2. The van der Waals surface area contributed by atoms with Crippen LogP contribution in [0, 0.1) is 0 Å². The van der Waals surface area contributed by atoms with Crippen LogP contribution >= 0.6 is 0 Å². The van der Waals surface area contributed by atoms with Crippen LogP contribution in [0.25, 0.3) is 0 Å². The van der Waals surface area contributed by atoms with Gasteiger partial charge in [-0.15, -0.1) is 0 Å². The van der Waals surface area contributed by atoms with Gasteiger partial charge in [-0.05, 0) is 0 Å². The molecule has 0 amide bonds. The number of rotatable bonds is 3. The van der Waals surface area contributed by atoms with Gasteiger partial charge in [0, 0.05) is 0 Å². The van der Waals surface area contributed by atoms with Crippen molar-refractivity contribution in [3.63, 3.8) is 0 Å². The molecular weight excluding hydrogens is 269 g/mol. The Morgan fingerprint density at radius 2 is 2.00 bits per heavy atom. The summed E-state index contributed by atoms with van der Waals surface area (Å²) < 4.78 is 2.74. The van der Waals surface area contributed by atoms with Crippen molar-refractivity contribution in [1.29, 1.82) is 0 Å². The van der Waals surface area contributed by atoms with Gasteiger partial charge in [0.25, 0.3) is 0 Å². The molecule has 0 aromatic rings. The first-order chi connectivity index (χ1) is 6.91. The van der Waals surface area contributed by atoms with E-state index < -0.39 is 0 Å². The van der Waals surface area contributed by atoms with Gasteiger partial charge in [0.05, 0.1) is 0 Å². The van der Waals surface area contributed by atoms with E-state index in [1.54, 1.807) is 0 Å². The maximum atomic E-state index is 2.42. The SMILES string of the molecule is CC(C)=CC(C)=[CH][Ru][C]1(C)C=CC(C)=C1. The predicted molar refractivity (Wildman–Crippen MR) is 64.5 cm³/mol. The van der Waals surface area contributed by atoms with Gasteiger partial charge in [0.15, 0.2) is 0 Å². The van der Waals surface area contributed by atoms with E-state index in [1.165, 1.54) is 16.7 Å². The monoisotopic (exact) mass is 290 g/mol. The van der Waals surface area contributed by atoms with E-state index in [0.29, 0.717) is 4.01 Å². The zero-order chi connectivity index (χ0) is 11.5. The van der Waals surface area contributed by atoms with Crippen molar-refractivity contribution in [1.82, 2.24) is 0 Å². The predicted octanol–water partition coefficient (Wildman–Crippen LogP) is 4.63. The van der Waals surface area contributed by atoms with Crippen LogP contribution in [0.4, 0.5) is 0 Å². The second-order valence-electron chi connectivity index (χ2n) is 4.52. The molecular formula is C14H20Ru. The Balaban J connectivity index is 2.65. The van der Waals surface area contributed by atoms with Crippen molar-refractivity contribution in [2.24, 2.45) is 0 Å². The molecule has 1 heteroatoms. The van der Waals surface area contributed by atoms with Crippen LogP contribution < -0.4 is 0 Å². The standard InChI is InChI=1S/C7H9.C7H11.Ru/c1-6-3-4-7(2)5-6;1-6(2)5-7(3)4;/h3-5H,1-2H3;1,5H,2-4H3;. The molecule has 0 heterocycles. The average molecular weight is 289 g/mol. The molecule has 1 aliphatic rings. The molecule has 0 aromatic heterocycles. The minimum absolute atomic E-state index is 0.255. The van der Waals surface area contributed by atoms with Gasteiger partial charge in [0.2, 0.25) is 0 Å². The van der Waals surface area contributed by atoms with Crippen molar-refractivity contribution in [2.75, 3.05) is 0 Å². The number of hydrogen-bond acceptors (Lipinski definition) is 0. The van der Waals surface area contributed by atoms with Crippen LogP contribution in [0.5, 0.6) is 0 Å². The van der Waals surface area contributed by atoms with Crippen molar-refractivity contribution in [3.8, 4) is 0 Å².